The predicted molar refractivity (Wildman–Crippen MR) is 106 cm³/mol. The van der Waals surface area contributed by atoms with Crippen LogP contribution in [-0.2, 0) is 9.53 Å². The first-order valence-corrected chi connectivity index (χ1v) is 10.5. The lowest BCUT2D eigenvalue weighted by atomic mass is 9.84. The SMILES string of the molecule is O=C1CC2(CCCN(C(=O)CCCN3CCOCC3)CC2)Oc2ccccc21. The van der Waals surface area contributed by atoms with E-state index in [1.807, 2.05) is 29.2 Å². The fourth-order valence-corrected chi connectivity index (χ4v) is 4.58. The van der Waals surface area contributed by atoms with Crippen molar-refractivity contribution in [2.45, 2.75) is 44.1 Å². The number of amides is 1. The molecule has 1 atom stereocenters. The molecule has 0 saturated carbocycles. The minimum Gasteiger partial charge on any atom is -0.486 e. The van der Waals surface area contributed by atoms with Crippen LogP contribution in [0, 0.1) is 0 Å². The van der Waals surface area contributed by atoms with Crippen molar-refractivity contribution in [3.8, 4) is 5.75 Å². The van der Waals surface area contributed by atoms with Gasteiger partial charge in [0.25, 0.3) is 0 Å². The lowest BCUT2D eigenvalue weighted by molar-refractivity contribution is -0.131. The highest BCUT2D eigenvalue weighted by Gasteiger charge is 2.41. The maximum atomic E-state index is 12.7. The molecule has 2 fully saturated rings. The average molecular weight is 386 g/mol. The first-order valence-electron chi connectivity index (χ1n) is 10.5. The Balaban J connectivity index is 1.30. The first kappa shape index (κ1) is 19.4. The maximum absolute atomic E-state index is 12.7. The van der Waals surface area contributed by atoms with Crippen molar-refractivity contribution >= 4 is 11.7 Å². The number of carbonyl (C=O) groups is 2. The van der Waals surface area contributed by atoms with Gasteiger partial charge in [-0.3, -0.25) is 14.5 Å². The number of hydrogen-bond acceptors (Lipinski definition) is 5. The van der Waals surface area contributed by atoms with E-state index in [2.05, 4.69) is 4.90 Å². The molecule has 1 amide bonds. The minimum atomic E-state index is -0.450. The summed E-state index contributed by atoms with van der Waals surface area (Å²) < 4.78 is 11.7. The summed E-state index contributed by atoms with van der Waals surface area (Å²) in [5.74, 6) is 1.09. The predicted octanol–water partition coefficient (Wildman–Crippen LogP) is 2.52. The molecular formula is C22H30N2O4. The van der Waals surface area contributed by atoms with Crippen LogP contribution in [0.15, 0.2) is 24.3 Å². The third-order valence-corrected chi connectivity index (χ3v) is 6.22. The Morgan fingerprint density at radius 3 is 2.75 bits per heavy atom. The Morgan fingerprint density at radius 2 is 1.89 bits per heavy atom. The van der Waals surface area contributed by atoms with Gasteiger partial charge in [0.1, 0.15) is 11.4 Å². The number of morpholine rings is 1. The van der Waals surface area contributed by atoms with Crippen LogP contribution in [0.3, 0.4) is 0 Å². The van der Waals surface area contributed by atoms with Gasteiger partial charge in [0.15, 0.2) is 5.78 Å². The summed E-state index contributed by atoms with van der Waals surface area (Å²) in [6, 6.07) is 7.51. The molecule has 0 radical (unpaired) electrons. The number of hydrogen-bond donors (Lipinski definition) is 0. The van der Waals surface area contributed by atoms with Gasteiger partial charge in [-0.25, -0.2) is 0 Å². The summed E-state index contributed by atoms with van der Waals surface area (Å²) in [4.78, 5) is 29.6. The molecule has 2 saturated heterocycles. The van der Waals surface area contributed by atoms with Gasteiger partial charge in [0.05, 0.1) is 25.2 Å². The molecule has 0 aromatic heterocycles. The number of carbonyl (C=O) groups excluding carboxylic acids is 2. The standard InChI is InChI=1S/C22H30N2O4/c25-19-17-22(28-20-6-2-1-5-18(19)20)8-4-11-24(12-9-22)21(26)7-3-10-23-13-15-27-16-14-23/h1-2,5-6H,3-4,7-17H2. The molecule has 6 heteroatoms. The summed E-state index contributed by atoms with van der Waals surface area (Å²) >= 11 is 0. The molecule has 1 unspecified atom stereocenters. The molecule has 3 aliphatic heterocycles. The van der Waals surface area contributed by atoms with E-state index in [0.29, 0.717) is 30.7 Å². The second kappa shape index (κ2) is 8.62. The summed E-state index contributed by atoms with van der Waals surface area (Å²) in [5, 5.41) is 0. The van der Waals surface area contributed by atoms with Gasteiger partial charge < -0.3 is 14.4 Å². The zero-order valence-corrected chi connectivity index (χ0v) is 16.5. The van der Waals surface area contributed by atoms with E-state index in [-0.39, 0.29) is 11.7 Å². The van der Waals surface area contributed by atoms with E-state index in [1.165, 1.54) is 0 Å². The number of rotatable bonds is 4. The topological polar surface area (TPSA) is 59.1 Å². The average Bonchev–Trinajstić information content (AvgIpc) is 2.91. The molecular weight excluding hydrogens is 356 g/mol. The molecule has 28 heavy (non-hydrogen) atoms. The second-order valence-electron chi connectivity index (χ2n) is 8.17. The third kappa shape index (κ3) is 4.39. The van der Waals surface area contributed by atoms with E-state index in [4.69, 9.17) is 9.47 Å². The molecule has 152 valence electrons. The Morgan fingerprint density at radius 1 is 1.07 bits per heavy atom. The quantitative estimate of drug-likeness (QED) is 0.796. The monoisotopic (exact) mass is 386 g/mol. The molecule has 6 nitrogen and oxygen atoms in total. The van der Waals surface area contributed by atoms with E-state index in [9.17, 15) is 9.59 Å². The maximum Gasteiger partial charge on any atom is 0.222 e. The van der Waals surface area contributed by atoms with E-state index >= 15 is 0 Å². The van der Waals surface area contributed by atoms with Crippen molar-refractivity contribution in [3.63, 3.8) is 0 Å². The van der Waals surface area contributed by atoms with Gasteiger partial charge in [0, 0.05) is 39.0 Å². The number of ether oxygens (including phenoxy) is 2. The summed E-state index contributed by atoms with van der Waals surface area (Å²) in [6.07, 6.45) is 4.33. The molecule has 4 rings (SSSR count). The van der Waals surface area contributed by atoms with E-state index < -0.39 is 5.60 Å². The van der Waals surface area contributed by atoms with Gasteiger partial charge in [-0.2, -0.15) is 0 Å². The van der Waals surface area contributed by atoms with Crippen molar-refractivity contribution < 1.29 is 19.1 Å². The minimum absolute atomic E-state index is 0.159. The molecule has 3 aliphatic rings. The molecule has 1 spiro atoms. The number of Topliss-reactive ketones (excluding diaryl/α,β-unsaturated/α-hetero) is 1. The molecule has 0 aliphatic carbocycles. The van der Waals surface area contributed by atoms with Crippen LogP contribution in [-0.4, -0.2) is 73.0 Å². The summed E-state index contributed by atoms with van der Waals surface area (Å²) in [6.45, 7) is 5.92. The highest BCUT2D eigenvalue weighted by Crippen LogP contribution is 2.39. The van der Waals surface area contributed by atoms with Crippen molar-refractivity contribution in [1.29, 1.82) is 0 Å². The first-order chi connectivity index (χ1) is 13.7. The number of likely N-dealkylation sites (tertiary alicyclic amines) is 1. The fourth-order valence-electron chi connectivity index (χ4n) is 4.58. The summed E-state index contributed by atoms with van der Waals surface area (Å²) in [7, 11) is 0. The van der Waals surface area contributed by atoms with Gasteiger partial charge in [-0.1, -0.05) is 12.1 Å². The van der Waals surface area contributed by atoms with Crippen LogP contribution < -0.4 is 4.74 Å². The van der Waals surface area contributed by atoms with Crippen molar-refractivity contribution in [2.75, 3.05) is 45.9 Å². The fraction of sp³-hybridized carbons (Fsp3) is 0.636. The smallest absolute Gasteiger partial charge is 0.222 e. The van der Waals surface area contributed by atoms with Crippen LogP contribution in [0.25, 0.3) is 0 Å². The third-order valence-electron chi connectivity index (χ3n) is 6.22. The molecule has 0 N–H and O–H groups in total. The van der Waals surface area contributed by atoms with Gasteiger partial charge in [-0.15, -0.1) is 0 Å². The van der Waals surface area contributed by atoms with Crippen LogP contribution in [0.1, 0.15) is 48.9 Å². The van der Waals surface area contributed by atoms with E-state index in [0.717, 1.165) is 65.1 Å². The highest BCUT2D eigenvalue weighted by atomic mass is 16.5. The van der Waals surface area contributed by atoms with Crippen LogP contribution in [0.2, 0.25) is 0 Å². The number of fused-ring (bicyclic) bond motifs is 1. The zero-order chi connectivity index (χ0) is 19.4. The molecule has 3 heterocycles. The van der Waals surface area contributed by atoms with Crippen molar-refractivity contribution in [2.24, 2.45) is 0 Å². The zero-order valence-electron chi connectivity index (χ0n) is 16.5. The van der Waals surface area contributed by atoms with E-state index in [1.54, 1.807) is 0 Å². The second-order valence-corrected chi connectivity index (χ2v) is 8.17. The van der Waals surface area contributed by atoms with Crippen LogP contribution >= 0.6 is 0 Å². The Hall–Kier alpha value is -1.92. The number of nitrogens with zero attached hydrogens (tertiary/aromatic N) is 2. The van der Waals surface area contributed by atoms with Crippen LogP contribution in [0.5, 0.6) is 5.75 Å². The lowest BCUT2D eigenvalue weighted by Crippen LogP contribution is -2.43. The summed E-state index contributed by atoms with van der Waals surface area (Å²) in [5.41, 5.74) is 0.238. The lowest BCUT2D eigenvalue weighted by Gasteiger charge is -2.37. The highest BCUT2D eigenvalue weighted by molar-refractivity contribution is 6.00. The van der Waals surface area contributed by atoms with Crippen molar-refractivity contribution in [1.82, 2.24) is 9.80 Å². The molecule has 0 bridgehead atoms. The molecule has 1 aromatic rings. The van der Waals surface area contributed by atoms with Crippen LogP contribution in [0.4, 0.5) is 0 Å². The van der Waals surface area contributed by atoms with Crippen molar-refractivity contribution in [3.05, 3.63) is 29.8 Å². The Bertz CT molecular complexity index is 716. The van der Waals surface area contributed by atoms with Gasteiger partial charge in [-0.05, 0) is 37.9 Å². The number of para-hydroxylation sites is 1. The Kier molecular flexibility index (Phi) is 5.97. The van der Waals surface area contributed by atoms with Gasteiger partial charge >= 0.3 is 0 Å². The number of benzene rings is 1. The normalized spacial score (nSPS) is 25.9. The number of ketones is 1. The van der Waals surface area contributed by atoms with Gasteiger partial charge in [0.2, 0.25) is 5.91 Å². The molecule has 1 aromatic carbocycles. The largest absolute Gasteiger partial charge is 0.486 e. The Labute approximate surface area is 166 Å².